The molecule has 1 aromatic heterocycles. The fourth-order valence-corrected chi connectivity index (χ4v) is 2.76. The van der Waals surface area contributed by atoms with E-state index in [1.807, 2.05) is 0 Å². The Bertz CT molecular complexity index is 468. The Hall–Kier alpha value is -1.78. The van der Waals surface area contributed by atoms with Crippen LogP contribution in [0.25, 0.3) is 0 Å². The molecular weight excluding hydrogens is 254 g/mol. The molecule has 5 heteroatoms. The third-order valence-corrected chi connectivity index (χ3v) is 4.14. The van der Waals surface area contributed by atoms with Gasteiger partial charge in [-0.15, -0.1) is 0 Å². The predicted molar refractivity (Wildman–Crippen MR) is 79.8 cm³/mol. The van der Waals surface area contributed by atoms with E-state index in [0.29, 0.717) is 11.5 Å². The molecule has 1 fully saturated rings. The van der Waals surface area contributed by atoms with Gasteiger partial charge >= 0.3 is 5.97 Å². The van der Waals surface area contributed by atoms with Gasteiger partial charge in [0.1, 0.15) is 5.82 Å². The number of nitrogens with zero attached hydrogens (tertiary/aromatic N) is 1. The minimum atomic E-state index is -1.01. The van der Waals surface area contributed by atoms with Crippen molar-refractivity contribution in [3.05, 3.63) is 17.8 Å². The number of aromatic carboxylic acids is 1. The quantitative estimate of drug-likeness (QED) is 0.770. The standard InChI is InChI=1S/C15H23N3O2/c1-10-2-4-11(5-3-10)6-7-17-14-13(16)8-12(9-18-14)15(19)20/h8-11H,2-7,16H2,1H3,(H,17,18)(H,19,20). The number of carboxylic acids is 1. The summed E-state index contributed by atoms with van der Waals surface area (Å²) in [5.74, 6) is 1.24. The van der Waals surface area contributed by atoms with E-state index in [0.717, 1.165) is 24.8 Å². The highest BCUT2D eigenvalue weighted by Gasteiger charge is 2.17. The van der Waals surface area contributed by atoms with Gasteiger partial charge < -0.3 is 16.2 Å². The van der Waals surface area contributed by atoms with E-state index < -0.39 is 5.97 Å². The fourth-order valence-electron chi connectivity index (χ4n) is 2.76. The number of hydrogen-bond acceptors (Lipinski definition) is 4. The molecule has 2 rings (SSSR count). The summed E-state index contributed by atoms with van der Waals surface area (Å²) in [6.07, 6.45) is 7.74. The van der Waals surface area contributed by atoms with Crippen LogP contribution in [0.5, 0.6) is 0 Å². The van der Waals surface area contributed by atoms with Crippen LogP contribution in [0.3, 0.4) is 0 Å². The van der Waals surface area contributed by atoms with Gasteiger partial charge in [0, 0.05) is 12.7 Å². The predicted octanol–water partition coefficient (Wildman–Crippen LogP) is 2.99. The minimum absolute atomic E-state index is 0.120. The summed E-state index contributed by atoms with van der Waals surface area (Å²) in [5.41, 5.74) is 6.32. The zero-order valence-electron chi connectivity index (χ0n) is 11.9. The molecule has 1 aliphatic carbocycles. The number of carboxylic acid groups (broad SMARTS) is 1. The molecule has 0 bridgehead atoms. The van der Waals surface area contributed by atoms with Crippen molar-refractivity contribution >= 4 is 17.5 Å². The van der Waals surface area contributed by atoms with Gasteiger partial charge in [-0.2, -0.15) is 0 Å². The van der Waals surface area contributed by atoms with Gasteiger partial charge in [0.05, 0.1) is 11.3 Å². The Morgan fingerprint density at radius 3 is 2.75 bits per heavy atom. The Morgan fingerprint density at radius 1 is 1.45 bits per heavy atom. The maximum atomic E-state index is 10.8. The van der Waals surface area contributed by atoms with E-state index in [1.165, 1.54) is 37.9 Å². The lowest BCUT2D eigenvalue weighted by molar-refractivity contribution is 0.0696. The largest absolute Gasteiger partial charge is 0.478 e. The summed E-state index contributed by atoms with van der Waals surface area (Å²) >= 11 is 0. The molecule has 0 aromatic carbocycles. The molecule has 110 valence electrons. The molecule has 0 atom stereocenters. The molecule has 1 aliphatic rings. The minimum Gasteiger partial charge on any atom is -0.478 e. The summed E-state index contributed by atoms with van der Waals surface area (Å²) in [7, 11) is 0. The number of nitrogen functional groups attached to an aromatic ring is 1. The van der Waals surface area contributed by atoms with E-state index in [4.69, 9.17) is 10.8 Å². The zero-order chi connectivity index (χ0) is 14.5. The fraction of sp³-hybridized carbons (Fsp3) is 0.600. The zero-order valence-corrected chi connectivity index (χ0v) is 11.9. The molecule has 4 N–H and O–H groups in total. The van der Waals surface area contributed by atoms with Gasteiger partial charge in [-0.1, -0.05) is 32.6 Å². The first-order chi connectivity index (χ1) is 9.56. The SMILES string of the molecule is CC1CCC(CCNc2ncc(C(=O)O)cc2N)CC1. The van der Waals surface area contributed by atoms with Gasteiger partial charge in [0.25, 0.3) is 0 Å². The van der Waals surface area contributed by atoms with E-state index in [2.05, 4.69) is 17.2 Å². The van der Waals surface area contributed by atoms with Gasteiger partial charge in [-0.05, 0) is 24.3 Å². The average molecular weight is 277 g/mol. The van der Waals surface area contributed by atoms with Gasteiger partial charge in [0.2, 0.25) is 0 Å². The Balaban J connectivity index is 1.81. The highest BCUT2D eigenvalue weighted by Crippen LogP contribution is 2.30. The molecule has 0 saturated heterocycles. The summed E-state index contributed by atoms with van der Waals surface area (Å²) in [5, 5.41) is 12.1. The van der Waals surface area contributed by atoms with E-state index in [-0.39, 0.29) is 5.56 Å². The van der Waals surface area contributed by atoms with Crippen LogP contribution in [-0.2, 0) is 0 Å². The molecular formula is C15H23N3O2. The molecule has 0 aliphatic heterocycles. The molecule has 0 radical (unpaired) electrons. The van der Waals surface area contributed by atoms with Crippen molar-refractivity contribution < 1.29 is 9.90 Å². The first-order valence-electron chi connectivity index (χ1n) is 7.29. The van der Waals surface area contributed by atoms with Crippen molar-refractivity contribution in [1.29, 1.82) is 0 Å². The normalized spacial score (nSPS) is 22.4. The van der Waals surface area contributed by atoms with Crippen molar-refractivity contribution in [3.8, 4) is 0 Å². The van der Waals surface area contributed by atoms with Gasteiger partial charge in [-0.3, -0.25) is 0 Å². The summed E-state index contributed by atoms with van der Waals surface area (Å²) in [6, 6.07) is 1.44. The molecule has 1 saturated carbocycles. The Kier molecular flexibility index (Phi) is 4.82. The molecule has 0 spiro atoms. The van der Waals surface area contributed by atoms with E-state index in [9.17, 15) is 4.79 Å². The maximum absolute atomic E-state index is 10.8. The summed E-state index contributed by atoms with van der Waals surface area (Å²) in [4.78, 5) is 14.9. The first kappa shape index (κ1) is 14.6. The first-order valence-corrected chi connectivity index (χ1v) is 7.29. The van der Waals surface area contributed by atoms with E-state index in [1.54, 1.807) is 0 Å². The van der Waals surface area contributed by atoms with Crippen molar-refractivity contribution in [2.75, 3.05) is 17.6 Å². The van der Waals surface area contributed by atoms with Crippen LogP contribution in [0.4, 0.5) is 11.5 Å². The summed E-state index contributed by atoms with van der Waals surface area (Å²) < 4.78 is 0. The number of anilines is 2. The topological polar surface area (TPSA) is 88.2 Å². The van der Waals surface area contributed by atoms with Crippen LogP contribution in [0.1, 0.15) is 49.4 Å². The number of pyridine rings is 1. The number of rotatable bonds is 5. The number of aromatic nitrogens is 1. The number of hydrogen-bond donors (Lipinski definition) is 3. The molecule has 20 heavy (non-hydrogen) atoms. The lowest BCUT2D eigenvalue weighted by Gasteiger charge is -2.26. The molecule has 1 heterocycles. The van der Waals surface area contributed by atoms with Crippen LogP contribution in [0.15, 0.2) is 12.3 Å². The Labute approximate surface area is 119 Å². The highest BCUT2D eigenvalue weighted by atomic mass is 16.4. The van der Waals surface area contributed by atoms with Gasteiger partial charge in [0.15, 0.2) is 0 Å². The average Bonchev–Trinajstić information content (AvgIpc) is 2.42. The third-order valence-electron chi connectivity index (χ3n) is 4.14. The van der Waals surface area contributed by atoms with Crippen LogP contribution >= 0.6 is 0 Å². The van der Waals surface area contributed by atoms with Crippen molar-refractivity contribution in [2.45, 2.75) is 39.0 Å². The number of nitrogens with two attached hydrogens (primary N) is 1. The second-order valence-corrected chi connectivity index (χ2v) is 5.81. The number of carbonyl (C=O) groups is 1. The van der Waals surface area contributed by atoms with Crippen molar-refractivity contribution in [3.63, 3.8) is 0 Å². The lowest BCUT2D eigenvalue weighted by atomic mass is 9.81. The highest BCUT2D eigenvalue weighted by molar-refractivity contribution is 5.89. The smallest absolute Gasteiger partial charge is 0.337 e. The van der Waals surface area contributed by atoms with Crippen LogP contribution in [0, 0.1) is 11.8 Å². The number of nitrogens with one attached hydrogen (secondary N) is 1. The molecule has 0 amide bonds. The summed E-state index contributed by atoms with van der Waals surface area (Å²) in [6.45, 7) is 3.16. The lowest BCUT2D eigenvalue weighted by Crippen LogP contribution is -2.16. The molecule has 5 nitrogen and oxygen atoms in total. The van der Waals surface area contributed by atoms with E-state index >= 15 is 0 Å². The second kappa shape index (κ2) is 6.59. The maximum Gasteiger partial charge on any atom is 0.337 e. The van der Waals surface area contributed by atoms with Crippen LogP contribution in [-0.4, -0.2) is 22.6 Å². The van der Waals surface area contributed by atoms with Crippen LogP contribution < -0.4 is 11.1 Å². The Morgan fingerprint density at radius 2 is 2.15 bits per heavy atom. The molecule has 1 aromatic rings. The second-order valence-electron chi connectivity index (χ2n) is 5.81. The van der Waals surface area contributed by atoms with Crippen molar-refractivity contribution in [2.24, 2.45) is 11.8 Å². The molecule has 0 unspecified atom stereocenters. The monoisotopic (exact) mass is 277 g/mol. The van der Waals surface area contributed by atoms with Crippen molar-refractivity contribution in [1.82, 2.24) is 4.98 Å². The third kappa shape index (κ3) is 3.85. The van der Waals surface area contributed by atoms with Gasteiger partial charge in [-0.25, -0.2) is 9.78 Å². The van der Waals surface area contributed by atoms with Crippen LogP contribution in [0.2, 0.25) is 0 Å².